The molecular formula is C19H28N2O2. The molecule has 1 aromatic rings. The number of primary amides is 1. The minimum absolute atomic E-state index is 0.431. The maximum Gasteiger partial charge on any atom is 0.252 e. The summed E-state index contributed by atoms with van der Waals surface area (Å²) in [4.78, 5) is 14.2. The van der Waals surface area contributed by atoms with E-state index in [-0.39, 0.29) is 0 Å². The van der Waals surface area contributed by atoms with Gasteiger partial charge in [-0.3, -0.25) is 4.79 Å². The molecule has 0 aliphatic heterocycles. The number of carbonyl (C=O) groups is 1. The molecule has 0 radical (unpaired) electrons. The molecule has 4 heteroatoms. The number of amides is 1. The highest BCUT2D eigenvalue weighted by Gasteiger charge is 2.21. The Balaban J connectivity index is 2.29. The highest BCUT2D eigenvalue weighted by molar-refractivity contribution is 5.96. The van der Waals surface area contributed by atoms with Crippen LogP contribution in [0.25, 0.3) is 6.08 Å². The largest absolute Gasteiger partial charge is 0.493 e. The first-order valence-electron chi connectivity index (χ1n) is 8.65. The maximum absolute atomic E-state index is 11.7. The third-order valence-corrected chi connectivity index (χ3v) is 4.06. The normalized spacial score (nSPS) is 12.7. The van der Waals surface area contributed by atoms with E-state index in [4.69, 9.17) is 10.5 Å². The highest BCUT2D eigenvalue weighted by atomic mass is 16.5. The van der Waals surface area contributed by atoms with Gasteiger partial charge in [0.15, 0.2) is 0 Å². The minimum Gasteiger partial charge on any atom is -0.493 e. The van der Waals surface area contributed by atoms with E-state index in [1.807, 2.05) is 19.1 Å². The van der Waals surface area contributed by atoms with E-state index in [0.717, 1.165) is 44.3 Å². The van der Waals surface area contributed by atoms with Crippen molar-refractivity contribution < 1.29 is 9.53 Å². The SMILES string of the molecule is CCCOc1cc2c(cc1C(N)=O)C=C(N(CCC)CCC)C2. The number of hydrogen-bond donors (Lipinski definition) is 1. The van der Waals surface area contributed by atoms with Crippen LogP contribution < -0.4 is 10.5 Å². The zero-order valence-electron chi connectivity index (χ0n) is 14.5. The third-order valence-electron chi connectivity index (χ3n) is 4.06. The minimum atomic E-state index is -0.431. The molecule has 1 aromatic carbocycles. The van der Waals surface area contributed by atoms with Gasteiger partial charge in [0, 0.05) is 25.2 Å². The first kappa shape index (κ1) is 17.4. The summed E-state index contributed by atoms with van der Waals surface area (Å²) in [5.41, 5.74) is 9.63. The number of fused-ring (bicyclic) bond motifs is 1. The van der Waals surface area contributed by atoms with Crippen molar-refractivity contribution in [2.45, 2.75) is 46.5 Å². The number of carbonyl (C=O) groups excluding carboxylic acids is 1. The quantitative estimate of drug-likeness (QED) is 0.757. The number of rotatable bonds is 9. The molecule has 0 aromatic heterocycles. The monoisotopic (exact) mass is 316 g/mol. The fraction of sp³-hybridized carbons (Fsp3) is 0.526. The second-order valence-electron chi connectivity index (χ2n) is 6.06. The van der Waals surface area contributed by atoms with Crippen molar-refractivity contribution in [3.8, 4) is 5.75 Å². The van der Waals surface area contributed by atoms with Gasteiger partial charge in [-0.2, -0.15) is 0 Å². The summed E-state index contributed by atoms with van der Waals surface area (Å²) in [6.45, 7) is 9.17. The molecule has 0 bridgehead atoms. The summed E-state index contributed by atoms with van der Waals surface area (Å²) in [6, 6.07) is 3.87. The lowest BCUT2D eigenvalue weighted by Gasteiger charge is -2.25. The number of nitrogens with zero attached hydrogens (tertiary/aromatic N) is 1. The molecular weight excluding hydrogens is 288 g/mol. The van der Waals surface area contributed by atoms with Crippen LogP contribution in [0.5, 0.6) is 5.75 Å². The van der Waals surface area contributed by atoms with Crippen molar-refractivity contribution in [3.05, 3.63) is 34.5 Å². The Morgan fingerprint density at radius 2 is 1.87 bits per heavy atom. The van der Waals surface area contributed by atoms with E-state index >= 15 is 0 Å². The summed E-state index contributed by atoms with van der Waals surface area (Å²) in [5, 5.41) is 0. The molecule has 2 N–H and O–H groups in total. The van der Waals surface area contributed by atoms with E-state index in [9.17, 15) is 4.79 Å². The van der Waals surface area contributed by atoms with Crippen LogP contribution in [0.3, 0.4) is 0 Å². The van der Waals surface area contributed by atoms with Gasteiger partial charge >= 0.3 is 0 Å². The first-order valence-corrected chi connectivity index (χ1v) is 8.65. The zero-order chi connectivity index (χ0) is 16.8. The van der Waals surface area contributed by atoms with Crippen LogP contribution in [0.1, 0.15) is 61.5 Å². The van der Waals surface area contributed by atoms with Gasteiger partial charge < -0.3 is 15.4 Å². The fourth-order valence-electron chi connectivity index (χ4n) is 3.02. The fourth-order valence-corrected chi connectivity index (χ4v) is 3.02. The van der Waals surface area contributed by atoms with Crippen molar-refractivity contribution >= 4 is 12.0 Å². The van der Waals surface area contributed by atoms with E-state index in [2.05, 4.69) is 24.8 Å². The molecule has 0 heterocycles. The van der Waals surface area contributed by atoms with Crippen molar-refractivity contribution in [3.63, 3.8) is 0 Å². The molecule has 0 spiro atoms. The third kappa shape index (κ3) is 4.06. The molecule has 0 saturated carbocycles. The standard InChI is InChI=1S/C19H28N2O2/c1-4-7-21(8-5-2)16-10-14-12-17(19(20)22)18(23-9-6-3)13-15(14)11-16/h10,12-13H,4-9,11H2,1-3H3,(H2,20,22). The average molecular weight is 316 g/mol. The molecule has 1 aliphatic rings. The molecule has 4 nitrogen and oxygen atoms in total. The molecule has 0 fully saturated rings. The van der Waals surface area contributed by atoms with Gasteiger partial charge in [-0.05, 0) is 48.6 Å². The lowest BCUT2D eigenvalue weighted by Crippen LogP contribution is -2.24. The summed E-state index contributed by atoms with van der Waals surface area (Å²) >= 11 is 0. The lowest BCUT2D eigenvalue weighted by atomic mass is 10.0. The molecule has 0 saturated heterocycles. The maximum atomic E-state index is 11.7. The molecule has 2 rings (SSSR count). The van der Waals surface area contributed by atoms with E-state index in [1.165, 1.54) is 11.3 Å². The van der Waals surface area contributed by atoms with Crippen molar-refractivity contribution in [1.82, 2.24) is 4.90 Å². The Hall–Kier alpha value is -1.97. The Labute approximate surface area is 139 Å². The van der Waals surface area contributed by atoms with Crippen LogP contribution >= 0.6 is 0 Å². The Morgan fingerprint density at radius 3 is 2.43 bits per heavy atom. The molecule has 126 valence electrons. The number of ether oxygens (including phenoxy) is 1. The van der Waals surface area contributed by atoms with Crippen molar-refractivity contribution in [2.24, 2.45) is 5.73 Å². The lowest BCUT2D eigenvalue weighted by molar-refractivity contribution is 0.0996. The zero-order valence-corrected chi connectivity index (χ0v) is 14.5. The Bertz CT molecular complexity index is 587. The molecule has 0 unspecified atom stereocenters. The van der Waals surface area contributed by atoms with Gasteiger partial charge in [-0.15, -0.1) is 0 Å². The van der Waals surface area contributed by atoms with Crippen LogP contribution in [-0.2, 0) is 6.42 Å². The smallest absolute Gasteiger partial charge is 0.252 e. The molecule has 1 amide bonds. The number of allylic oxidation sites excluding steroid dienone is 1. The second kappa shape index (κ2) is 8.04. The van der Waals surface area contributed by atoms with Gasteiger partial charge in [0.05, 0.1) is 12.2 Å². The van der Waals surface area contributed by atoms with Gasteiger partial charge in [-0.1, -0.05) is 20.8 Å². The van der Waals surface area contributed by atoms with E-state index in [0.29, 0.717) is 17.9 Å². The highest BCUT2D eigenvalue weighted by Crippen LogP contribution is 2.33. The average Bonchev–Trinajstić information content (AvgIpc) is 2.94. The number of nitrogens with two attached hydrogens (primary N) is 1. The van der Waals surface area contributed by atoms with Crippen LogP contribution in [0.4, 0.5) is 0 Å². The Kier molecular flexibility index (Phi) is 6.08. The van der Waals surface area contributed by atoms with Crippen LogP contribution in [0.2, 0.25) is 0 Å². The summed E-state index contributed by atoms with van der Waals surface area (Å²) < 4.78 is 5.73. The van der Waals surface area contributed by atoms with E-state index < -0.39 is 5.91 Å². The Morgan fingerprint density at radius 1 is 1.17 bits per heavy atom. The molecule has 23 heavy (non-hydrogen) atoms. The van der Waals surface area contributed by atoms with Gasteiger partial charge in [0.25, 0.3) is 5.91 Å². The molecule has 0 atom stereocenters. The summed E-state index contributed by atoms with van der Waals surface area (Å²) in [6.07, 6.45) is 6.25. The summed E-state index contributed by atoms with van der Waals surface area (Å²) in [7, 11) is 0. The first-order chi connectivity index (χ1) is 11.1. The van der Waals surface area contributed by atoms with Gasteiger partial charge in [0.1, 0.15) is 5.75 Å². The van der Waals surface area contributed by atoms with Crippen molar-refractivity contribution in [1.29, 1.82) is 0 Å². The molecule has 1 aliphatic carbocycles. The van der Waals surface area contributed by atoms with Gasteiger partial charge in [-0.25, -0.2) is 0 Å². The van der Waals surface area contributed by atoms with Crippen LogP contribution in [0, 0.1) is 0 Å². The number of benzene rings is 1. The van der Waals surface area contributed by atoms with Gasteiger partial charge in [0.2, 0.25) is 0 Å². The number of hydrogen-bond acceptors (Lipinski definition) is 3. The predicted molar refractivity (Wildman–Crippen MR) is 94.6 cm³/mol. The summed E-state index contributed by atoms with van der Waals surface area (Å²) in [5.74, 6) is 0.185. The van der Waals surface area contributed by atoms with Crippen molar-refractivity contribution in [2.75, 3.05) is 19.7 Å². The van der Waals surface area contributed by atoms with E-state index in [1.54, 1.807) is 0 Å². The van der Waals surface area contributed by atoms with Crippen LogP contribution in [0.15, 0.2) is 17.8 Å². The second-order valence-corrected chi connectivity index (χ2v) is 6.06. The topological polar surface area (TPSA) is 55.6 Å². The predicted octanol–water partition coefficient (Wildman–Crippen LogP) is 3.59. The van der Waals surface area contributed by atoms with Crippen LogP contribution in [-0.4, -0.2) is 30.5 Å².